The lowest BCUT2D eigenvalue weighted by Crippen LogP contribution is -2.15. The molecule has 7 heteroatoms. The second-order valence-electron chi connectivity index (χ2n) is 5.82. The molecular weight excluding hydrogens is 342 g/mol. The highest BCUT2D eigenvalue weighted by molar-refractivity contribution is 7.91. The van der Waals surface area contributed by atoms with Gasteiger partial charge in [-0.25, -0.2) is 8.42 Å². The maximum Gasteiger partial charge on any atom is 0.274 e. The zero-order valence-corrected chi connectivity index (χ0v) is 15.2. The molecule has 0 heterocycles. The molecule has 0 aromatic heterocycles. The first-order valence-electron chi connectivity index (χ1n) is 7.94. The van der Waals surface area contributed by atoms with Gasteiger partial charge in [-0.1, -0.05) is 31.0 Å². The first-order valence-corrected chi connectivity index (χ1v) is 9.48. The van der Waals surface area contributed by atoms with E-state index >= 15 is 0 Å². The minimum Gasteiger partial charge on any atom is -0.497 e. The minimum atomic E-state index is -3.77. The normalized spacial score (nSPS) is 12.6. The van der Waals surface area contributed by atoms with E-state index in [1.807, 2.05) is 13.8 Å². The van der Waals surface area contributed by atoms with Crippen LogP contribution in [0.2, 0.25) is 0 Å². The number of methoxy groups -OCH3 is 1. The van der Waals surface area contributed by atoms with Crippen LogP contribution in [-0.4, -0.2) is 20.5 Å². The summed E-state index contributed by atoms with van der Waals surface area (Å²) >= 11 is 0. The molecule has 0 aliphatic rings. The van der Waals surface area contributed by atoms with Crippen molar-refractivity contribution in [1.82, 2.24) is 0 Å². The number of aryl methyl sites for hydroxylation is 1. The summed E-state index contributed by atoms with van der Waals surface area (Å²) in [5.41, 5.74) is 0.889. The third-order valence-electron chi connectivity index (χ3n) is 4.05. The molecule has 25 heavy (non-hydrogen) atoms. The van der Waals surface area contributed by atoms with Crippen molar-refractivity contribution in [3.63, 3.8) is 0 Å². The van der Waals surface area contributed by atoms with E-state index in [-0.39, 0.29) is 22.6 Å². The zero-order valence-electron chi connectivity index (χ0n) is 14.4. The number of sulfone groups is 1. The fraction of sp³-hybridized carbons (Fsp3) is 0.333. The average Bonchev–Trinajstić information content (AvgIpc) is 2.59. The quantitative estimate of drug-likeness (QED) is 0.543. The molecule has 0 saturated heterocycles. The third kappa shape index (κ3) is 3.99. The summed E-state index contributed by atoms with van der Waals surface area (Å²) in [6.45, 7) is 3.72. The molecule has 0 fully saturated rings. The number of benzene rings is 2. The standard InChI is InChI=1S/C18H21NO5S/c1-4-5-18(25(22,23)15-9-6-13(2)7-10-15)16-12-14(24-3)8-11-17(16)19(20)21/h6-12,18H,4-5H2,1-3H3/t18-/m0/s1. The highest BCUT2D eigenvalue weighted by Crippen LogP contribution is 2.39. The Morgan fingerprint density at radius 1 is 1.16 bits per heavy atom. The molecule has 2 aromatic rings. The number of nitrogens with zero attached hydrogens (tertiary/aromatic N) is 1. The van der Waals surface area contributed by atoms with E-state index in [9.17, 15) is 18.5 Å². The average molecular weight is 363 g/mol. The Morgan fingerprint density at radius 3 is 2.32 bits per heavy atom. The van der Waals surface area contributed by atoms with Crippen LogP contribution in [0.3, 0.4) is 0 Å². The van der Waals surface area contributed by atoms with E-state index in [1.165, 1.54) is 25.3 Å². The Bertz CT molecular complexity index is 860. The lowest BCUT2D eigenvalue weighted by atomic mass is 10.1. The Labute approximate surface area is 147 Å². The summed E-state index contributed by atoms with van der Waals surface area (Å²) in [4.78, 5) is 11.0. The van der Waals surface area contributed by atoms with Gasteiger partial charge in [-0.2, -0.15) is 0 Å². The molecule has 2 rings (SSSR count). The van der Waals surface area contributed by atoms with Crippen molar-refractivity contribution in [1.29, 1.82) is 0 Å². The highest BCUT2D eigenvalue weighted by Gasteiger charge is 2.33. The highest BCUT2D eigenvalue weighted by atomic mass is 32.2. The molecule has 0 N–H and O–H groups in total. The van der Waals surface area contributed by atoms with Crippen LogP contribution in [0.4, 0.5) is 5.69 Å². The van der Waals surface area contributed by atoms with Crippen LogP contribution < -0.4 is 4.74 Å². The monoisotopic (exact) mass is 363 g/mol. The molecule has 0 aliphatic heterocycles. The van der Waals surface area contributed by atoms with Gasteiger partial charge >= 0.3 is 0 Å². The van der Waals surface area contributed by atoms with Crippen LogP contribution in [0.5, 0.6) is 5.75 Å². The van der Waals surface area contributed by atoms with E-state index < -0.39 is 20.0 Å². The molecule has 0 radical (unpaired) electrons. The van der Waals surface area contributed by atoms with E-state index in [1.54, 1.807) is 24.3 Å². The summed E-state index contributed by atoms with van der Waals surface area (Å²) in [5, 5.41) is 10.4. The number of nitro benzene ring substituents is 1. The lowest BCUT2D eigenvalue weighted by Gasteiger charge is -2.18. The van der Waals surface area contributed by atoms with Crippen LogP contribution in [0, 0.1) is 17.0 Å². The number of hydrogen-bond donors (Lipinski definition) is 0. The van der Waals surface area contributed by atoms with Gasteiger partial charge in [0.2, 0.25) is 0 Å². The third-order valence-corrected chi connectivity index (χ3v) is 6.22. The van der Waals surface area contributed by atoms with Gasteiger partial charge in [0.15, 0.2) is 9.84 Å². The van der Waals surface area contributed by atoms with Gasteiger partial charge in [-0.05, 0) is 37.6 Å². The van der Waals surface area contributed by atoms with Crippen molar-refractivity contribution in [2.24, 2.45) is 0 Å². The summed E-state index contributed by atoms with van der Waals surface area (Å²) in [7, 11) is -2.34. The topological polar surface area (TPSA) is 86.5 Å². The lowest BCUT2D eigenvalue weighted by molar-refractivity contribution is -0.385. The van der Waals surface area contributed by atoms with E-state index in [4.69, 9.17) is 4.74 Å². The largest absolute Gasteiger partial charge is 0.497 e. The predicted octanol–water partition coefficient (Wildman–Crippen LogP) is 4.23. The van der Waals surface area contributed by atoms with E-state index in [0.29, 0.717) is 12.2 Å². The minimum absolute atomic E-state index is 0.159. The van der Waals surface area contributed by atoms with Crippen molar-refractivity contribution in [3.05, 3.63) is 63.7 Å². The van der Waals surface area contributed by atoms with Gasteiger partial charge in [0.1, 0.15) is 5.75 Å². The first kappa shape index (κ1) is 18.9. The fourth-order valence-electron chi connectivity index (χ4n) is 2.72. The molecule has 1 atom stereocenters. The van der Waals surface area contributed by atoms with Gasteiger partial charge in [-0.15, -0.1) is 0 Å². The van der Waals surface area contributed by atoms with Gasteiger partial charge in [0.05, 0.1) is 27.7 Å². The summed E-state index contributed by atoms with van der Waals surface area (Å²) in [6, 6.07) is 10.7. The van der Waals surface area contributed by atoms with Crippen molar-refractivity contribution in [3.8, 4) is 5.75 Å². The van der Waals surface area contributed by atoms with Crippen molar-refractivity contribution in [2.75, 3.05) is 7.11 Å². The second-order valence-corrected chi connectivity index (χ2v) is 7.95. The Hall–Kier alpha value is -2.41. The van der Waals surface area contributed by atoms with Crippen molar-refractivity contribution >= 4 is 15.5 Å². The van der Waals surface area contributed by atoms with Crippen molar-refractivity contribution < 1.29 is 18.1 Å². The number of ether oxygens (including phenoxy) is 1. The van der Waals surface area contributed by atoms with Gasteiger partial charge < -0.3 is 4.74 Å². The smallest absolute Gasteiger partial charge is 0.274 e. The van der Waals surface area contributed by atoms with Gasteiger partial charge in [0.25, 0.3) is 5.69 Å². The SMILES string of the molecule is CCC[C@@H](c1cc(OC)ccc1[N+](=O)[O-])S(=O)(=O)c1ccc(C)cc1. The van der Waals surface area contributed by atoms with Crippen LogP contribution >= 0.6 is 0 Å². The Morgan fingerprint density at radius 2 is 1.80 bits per heavy atom. The van der Waals surface area contributed by atoms with Gasteiger partial charge in [-0.3, -0.25) is 10.1 Å². The Kier molecular flexibility index (Phi) is 5.79. The molecule has 0 aliphatic carbocycles. The van der Waals surface area contributed by atoms with Crippen LogP contribution in [-0.2, 0) is 9.84 Å². The maximum atomic E-state index is 13.1. The second kappa shape index (κ2) is 7.65. The number of rotatable bonds is 7. The molecule has 2 aromatic carbocycles. The Balaban J connectivity index is 2.65. The molecule has 134 valence electrons. The number of nitro groups is 1. The molecule has 0 saturated carbocycles. The van der Waals surface area contributed by atoms with Crippen LogP contribution in [0.1, 0.15) is 36.1 Å². The molecular formula is C18H21NO5S. The maximum absolute atomic E-state index is 13.1. The first-order chi connectivity index (χ1) is 11.8. The summed E-state index contributed by atoms with van der Waals surface area (Å²) in [5.74, 6) is 0.390. The molecule has 0 bridgehead atoms. The van der Waals surface area contributed by atoms with Crippen LogP contribution in [0.15, 0.2) is 47.4 Å². The zero-order chi connectivity index (χ0) is 18.6. The number of hydrogen-bond acceptors (Lipinski definition) is 5. The fourth-order valence-corrected chi connectivity index (χ4v) is 4.63. The summed E-state index contributed by atoms with van der Waals surface area (Å²) in [6.07, 6.45) is 0.855. The van der Waals surface area contributed by atoms with E-state index in [2.05, 4.69) is 0 Å². The molecule has 0 amide bonds. The predicted molar refractivity (Wildman–Crippen MR) is 95.7 cm³/mol. The molecule has 0 unspecified atom stereocenters. The van der Waals surface area contributed by atoms with E-state index in [0.717, 1.165) is 5.56 Å². The molecule has 6 nitrogen and oxygen atoms in total. The van der Waals surface area contributed by atoms with Gasteiger partial charge in [0, 0.05) is 6.07 Å². The van der Waals surface area contributed by atoms with Crippen LogP contribution in [0.25, 0.3) is 0 Å². The summed E-state index contributed by atoms with van der Waals surface area (Å²) < 4.78 is 31.4. The molecule has 0 spiro atoms. The van der Waals surface area contributed by atoms with Crippen molar-refractivity contribution in [2.45, 2.75) is 36.8 Å².